The fourth-order valence-corrected chi connectivity index (χ4v) is 4.58. The topological polar surface area (TPSA) is 136 Å². The molecular formula is C30H47N3O7. The molecule has 0 radical (unpaired) electrons. The van der Waals surface area contributed by atoms with Crippen LogP contribution < -0.4 is 0 Å². The number of aliphatic hydroxyl groups excluding tert-OH is 1. The van der Waals surface area contributed by atoms with Crippen LogP contribution in [0.5, 0.6) is 0 Å². The fourth-order valence-electron chi connectivity index (χ4n) is 4.58. The number of ketones is 1. The molecule has 1 aromatic rings. The van der Waals surface area contributed by atoms with Gasteiger partial charge in [-0.15, -0.1) is 0 Å². The Labute approximate surface area is 238 Å². The minimum absolute atomic E-state index is 0.0684. The first kappa shape index (κ1) is 34.8. The fraction of sp³-hybridized carbons (Fsp3) is 0.633. The maximum Gasteiger partial charge on any atom is 0.326 e. The third-order valence-electron chi connectivity index (χ3n) is 7.85. The molecule has 0 bridgehead atoms. The third-order valence-corrected chi connectivity index (χ3v) is 7.85. The highest BCUT2D eigenvalue weighted by atomic mass is 16.4. The molecule has 0 spiro atoms. The molecule has 1 aromatic carbocycles. The molecule has 0 aliphatic heterocycles. The van der Waals surface area contributed by atoms with Gasteiger partial charge in [0.2, 0.25) is 17.7 Å². The number of carbonyl (C=O) groups excluding carboxylic acids is 4. The number of aliphatic carboxylic acids is 1. The Bertz CT molecular complexity index is 1010. The number of carboxylic acid groups (broad SMARTS) is 1. The van der Waals surface area contributed by atoms with Gasteiger partial charge in [-0.25, -0.2) is 4.79 Å². The number of amides is 3. The maximum atomic E-state index is 13.5. The smallest absolute Gasteiger partial charge is 0.326 e. The normalized spacial score (nSPS) is 14.9. The molecule has 0 aromatic heterocycles. The summed E-state index contributed by atoms with van der Waals surface area (Å²) in [5.41, 5.74) is 0.731. The average molecular weight is 562 g/mol. The Morgan fingerprint density at radius 3 is 1.93 bits per heavy atom. The number of hydrogen-bond acceptors (Lipinski definition) is 6. The van der Waals surface area contributed by atoms with Crippen LogP contribution in [0.3, 0.4) is 0 Å². The summed E-state index contributed by atoms with van der Waals surface area (Å²) >= 11 is 0. The van der Waals surface area contributed by atoms with Gasteiger partial charge in [0.1, 0.15) is 6.04 Å². The number of benzene rings is 1. The first-order valence-electron chi connectivity index (χ1n) is 13.8. The van der Waals surface area contributed by atoms with Crippen molar-refractivity contribution < 1.29 is 34.2 Å². The van der Waals surface area contributed by atoms with E-state index in [0.29, 0.717) is 6.42 Å². The molecule has 5 atom stereocenters. The Kier molecular flexibility index (Phi) is 14.0. The molecule has 0 aliphatic rings. The molecule has 0 heterocycles. The minimum atomic E-state index is -1.20. The summed E-state index contributed by atoms with van der Waals surface area (Å²) in [7, 11) is 4.41. The second-order valence-corrected chi connectivity index (χ2v) is 11.1. The van der Waals surface area contributed by atoms with Crippen LogP contribution in [0.15, 0.2) is 30.3 Å². The molecule has 2 N–H and O–H groups in total. The molecule has 10 nitrogen and oxygen atoms in total. The van der Waals surface area contributed by atoms with Gasteiger partial charge in [0.05, 0.1) is 25.1 Å². The highest BCUT2D eigenvalue weighted by Gasteiger charge is 2.37. The van der Waals surface area contributed by atoms with Gasteiger partial charge < -0.3 is 24.9 Å². The van der Waals surface area contributed by atoms with E-state index in [1.807, 2.05) is 27.7 Å². The first-order chi connectivity index (χ1) is 18.7. The van der Waals surface area contributed by atoms with Crippen molar-refractivity contribution in [3.05, 3.63) is 35.9 Å². The monoisotopic (exact) mass is 561 g/mol. The Hall–Kier alpha value is -3.27. The molecular weight excluding hydrogens is 514 g/mol. The lowest BCUT2D eigenvalue weighted by molar-refractivity contribution is -0.152. The van der Waals surface area contributed by atoms with Gasteiger partial charge in [0.15, 0.2) is 5.78 Å². The number of carbonyl (C=O) groups is 5. The standard InChI is InChI=1S/C30H47N3O7/c1-9-20(4)27(33(8)26(36)17-31(6)28(37)21(5)19(2)3)25(35)16-23(18-34)29(38)32(7)24(30(39)40)15-22-13-11-10-12-14-22/h10-14,19-21,23-24,27,34H,9,15-18H2,1-8H3,(H,39,40)/t20-,21-,23-,24-,27-/m0/s1. The lowest BCUT2D eigenvalue weighted by Gasteiger charge is -2.34. The largest absolute Gasteiger partial charge is 0.480 e. The Morgan fingerprint density at radius 2 is 1.45 bits per heavy atom. The van der Waals surface area contributed by atoms with Crippen molar-refractivity contribution in [3.8, 4) is 0 Å². The molecule has 3 amide bonds. The van der Waals surface area contributed by atoms with Crippen molar-refractivity contribution in [2.75, 3.05) is 34.3 Å². The van der Waals surface area contributed by atoms with Crippen LogP contribution in [0.2, 0.25) is 0 Å². The van der Waals surface area contributed by atoms with E-state index in [0.717, 1.165) is 10.5 Å². The SMILES string of the molecule is CC[C@H](C)[C@@H](C(=O)C[C@@H](CO)C(=O)N(C)[C@@H](Cc1ccccc1)C(=O)O)N(C)C(=O)CN(C)C(=O)[C@@H](C)C(C)C. The van der Waals surface area contributed by atoms with Gasteiger partial charge in [-0.3, -0.25) is 19.2 Å². The van der Waals surface area contributed by atoms with Crippen LogP contribution in [0.4, 0.5) is 0 Å². The summed E-state index contributed by atoms with van der Waals surface area (Å²) < 4.78 is 0. The number of carboxylic acids is 1. The van der Waals surface area contributed by atoms with Crippen molar-refractivity contribution in [2.45, 2.75) is 66.0 Å². The lowest BCUT2D eigenvalue weighted by atomic mass is 9.88. The van der Waals surface area contributed by atoms with Crippen molar-refractivity contribution in [1.29, 1.82) is 0 Å². The van der Waals surface area contributed by atoms with Crippen LogP contribution in [0, 0.1) is 23.7 Å². The number of nitrogens with zero attached hydrogens (tertiary/aromatic N) is 3. The molecule has 224 valence electrons. The predicted octanol–water partition coefficient (Wildman–Crippen LogP) is 2.33. The van der Waals surface area contributed by atoms with E-state index in [1.54, 1.807) is 44.3 Å². The zero-order valence-electron chi connectivity index (χ0n) is 25.2. The summed E-state index contributed by atoms with van der Waals surface area (Å²) in [5.74, 6) is -4.43. The van der Waals surface area contributed by atoms with Crippen LogP contribution in [-0.2, 0) is 30.4 Å². The third kappa shape index (κ3) is 9.43. The molecule has 0 unspecified atom stereocenters. The van der Waals surface area contributed by atoms with E-state index in [9.17, 15) is 34.2 Å². The molecule has 1 rings (SSSR count). The van der Waals surface area contributed by atoms with E-state index >= 15 is 0 Å². The molecule has 0 fully saturated rings. The highest BCUT2D eigenvalue weighted by Crippen LogP contribution is 2.21. The summed E-state index contributed by atoms with van der Waals surface area (Å²) in [6.07, 6.45) is 0.283. The lowest BCUT2D eigenvalue weighted by Crippen LogP contribution is -2.52. The van der Waals surface area contributed by atoms with E-state index in [1.165, 1.54) is 23.9 Å². The number of hydrogen-bond donors (Lipinski definition) is 2. The van der Waals surface area contributed by atoms with Crippen molar-refractivity contribution in [1.82, 2.24) is 14.7 Å². The van der Waals surface area contributed by atoms with Crippen molar-refractivity contribution >= 4 is 29.5 Å². The summed E-state index contributed by atoms with van der Waals surface area (Å²) in [4.78, 5) is 68.3. The Morgan fingerprint density at radius 1 is 0.875 bits per heavy atom. The van der Waals surface area contributed by atoms with Crippen LogP contribution >= 0.6 is 0 Å². The summed E-state index contributed by atoms with van der Waals surface area (Å²) in [6.45, 7) is 8.52. The van der Waals surface area contributed by atoms with E-state index in [-0.39, 0.29) is 43.0 Å². The summed E-state index contributed by atoms with van der Waals surface area (Å²) in [6, 6.07) is 6.82. The van der Waals surface area contributed by atoms with Crippen LogP contribution in [0.25, 0.3) is 0 Å². The van der Waals surface area contributed by atoms with Crippen molar-refractivity contribution in [3.63, 3.8) is 0 Å². The van der Waals surface area contributed by atoms with E-state index in [2.05, 4.69) is 0 Å². The molecule has 0 aliphatic carbocycles. The van der Waals surface area contributed by atoms with Crippen molar-refractivity contribution in [2.24, 2.45) is 23.7 Å². The minimum Gasteiger partial charge on any atom is -0.480 e. The van der Waals surface area contributed by atoms with Gasteiger partial charge in [-0.05, 0) is 17.4 Å². The predicted molar refractivity (Wildman–Crippen MR) is 152 cm³/mol. The average Bonchev–Trinajstić information content (AvgIpc) is 2.92. The van der Waals surface area contributed by atoms with Gasteiger partial charge in [0.25, 0.3) is 0 Å². The zero-order chi connectivity index (χ0) is 30.7. The zero-order valence-corrected chi connectivity index (χ0v) is 25.2. The Balaban J connectivity index is 3.07. The number of aliphatic hydroxyl groups is 1. The molecule has 0 saturated heterocycles. The van der Waals surface area contributed by atoms with Gasteiger partial charge >= 0.3 is 5.97 Å². The quantitative estimate of drug-likeness (QED) is 0.316. The van der Waals surface area contributed by atoms with Crippen LogP contribution in [0.1, 0.15) is 53.0 Å². The van der Waals surface area contributed by atoms with Gasteiger partial charge in [-0.1, -0.05) is 71.4 Å². The molecule has 10 heteroatoms. The maximum absolute atomic E-state index is 13.5. The highest BCUT2D eigenvalue weighted by molar-refractivity contribution is 5.94. The second kappa shape index (κ2) is 16.1. The number of rotatable bonds is 16. The van der Waals surface area contributed by atoms with E-state index in [4.69, 9.17) is 0 Å². The second-order valence-electron chi connectivity index (χ2n) is 11.1. The molecule has 40 heavy (non-hydrogen) atoms. The van der Waals surface area contributed by atoms with Gasteiger partial charge in [0, 0.05) is 39.9 Å². The van der Waals surface area contributed by atoms with Gasteiger partial charge in [-0.2, -0.15) is 0 Å². The number of Topliss-reactive ketones (excluding diaryl/α,β-unsaturated/α-hetero) is 1. The van der Waals surface area contributed by atoms with E-state index < -0.39 is 48.2 Å². The summed E-state index contributed by atoms with van der Waals surface area (Å²) in [5, 5.41) is 19.8. The molecule has 0 saturated carbocycles. The van der Waals surface area contributed by atoms with Crippen LogP contribution in [-0.4, -0.2) is 101 Å². The number of likely N-dealkylation sites (N-methyl/N-ethyl adjacent to an activating group) is 3. The first-order valence-corrected chi connectivity index (χ1v) is 13.8.